The minimum Gasteiger partial charge on any atom is -0.457 e. The van der Waals surface area contributed by atoms with Gasteiger partial charge in [0, 0.05) is 41.2 Å². The van der Waals surface area contributed by atoms with Crippen LogP contribution in [0, 0.1) is 0 Å². The van der Waals surface area contributed by atoms with Crippen molar-refractivity contribution in [3.8, 4) is 39.6 Å². The number of rotatable bonds is 7. The lowest BCUT2D eigenvalue weighted by Gasteiger charge is -2.31. The van der Waals surface area contributed by atoms with E-state index in [0.717, 1.165) is 61.6 Å². The van der Waals surface area contributed by atoms with E-state index in [-0.39, 0.29) is 21.7 Å². The minimum atomic E-state index is -0.0940. The molecule has 352 valence electrons. The second kappa shape index (κ2) is 16.1. The number of fused-ring (bicyclic) bond motifs is 1. The Morgan fingerprint density at radius 3 is 1.73 bits per heavy atom. The van der Waals surface area contributed by atoms with Crippen LogP contribution in [0.4, 0.5) is 22.7 Å². The maximum atomic E-state index is 6.90. The molecule has 0 aliphatic carbocycles. The molecule has 3 aromatic heterocycles. The predicted molar refractivity (Wildman–Crippen MR) is 294 cm³/mol. The molecule has 4 heterocycles. The first-order chi connectivity index (χ1) is 33.2. The van der Waals surface area contributed by atoms with Crippen LogP contribution < -0.4 is 14.5 Å². The van der Waals surface area contributed by atoms with Crippen molar-refractivity contribution in [1.29, 1.82) is 0 Å². The number of anilines is 4. The van der Waals surface area contributed by atoms with Crippen LogP contribution >= 0.6 is 0 Å². The standard InChI is InChI=1S/C64H64N4O2/c1-61(2,3)42-28-29-65-57(35-42)68-53-26-19-27-55-58(53)59-54(68)37-48(38-56(59)70-55)69-47-23-18-22-46(36-47)66-39-67(52-25-17-16-24-51(52)66)60-49(40-20-14-13-15-21-40)33-45(64(10,11)12)34-50(60)41-30-43(62(4,5)6)32-44(31-41)63(7,8)9/h13-38H,39H2,1-12H3. The first-order valence-electron chi connectivity index (χ1n) is 24.8. The van der Waals surface area contributed by atoms with Crippen molar-refractivity contribution in [1.82, 2.24) is 9.55 Å². The van der Waals surface area contributed by atoms with Crippen molar-refractivity contribution in [2.45, 2.75) is 105 Å². The number of ether oxygens (including phenoxy) is 1. The number of aromatic nitrogens is 2. The molecule has 0 amide bonds. The van der Waals surface area contributed by atoms with Crippen LogP contribution in [-0.2, 0) is 21.7 Å². The smallest absolute Gasteiger partial charge is 0.141 e. The first kappa shape index (κ1) is 45.2. The van der Waals surface area contributed by atoms with Gasteiger partial charge in [0.15, 0.2) is 0 Å². The number of furan rings is 1. The normalized spacial score (nSPS) is 13.6. The number of para-hydroxylation sites is 2. The topological polar surface area (TPSA) is 46.7 Å². The summed E-state index contributed by atoms with van der Waals surface area (Å²) in [7, 11) is 0. The first-order valence-corrected chi connectivity index (χ1v) is 24.8. The van der Waals surface area contributed by atoms with Gasteiger partial charge in [-0.2, -0.15) is 0 Å². The molecule has 0 spiro atoms. The molecule has 0 fully saturated rings. The van der Waals surface area contributed by atoms with Gasteiger partial charge in [-0.05, 0) is 116 Å². The molecule has 6 nitrogen and oxygen atoms in total. The summed E-state index contributed by atoms with van der Waals surface area (Å²) >= 11 is 0. The van der Waals surface area contributed by atoms with Gasteiger partial charge in [0.1, 0.15) is 35.2 Å². The third-order valence-electron chi connectivity index (χ3n) is 14.3. The van der Waals surface area contributed by atoms with Crippen molar-refractivity contribution in [2.75, 3.05) is 16.5 Å². The van der Waals surface area contributed by atoms with Crippen molar-refractivity contribution < 1.29 is 9.15 Å². The molecule has 0 radical (unpaired) electrons. The Hall–Kier alpha value is -7.31. The third kappa shape index (κ3) is 7.88. The van der Waals surface area contributed by atoms with Crippen LogP contribution in [0.2, 0.25) is 0 Å². The molecule has 0 saturated carbocycles. The lowest BCUT2D eigenvalue weighted by molar-refractivity contribution is 0.482. The van der Waals surface area contributed by atoms with Crippen LogP contribution in [0.25, 0.3) is 61.0 Å². The van der Waals surface area contributed by atoms with Gasteiger partial charge in [-0.25, -0.2) is 4.98 Å². The van der Waals surface area contributed by atoms with E-state index in [1.165, 1.54) is 50.2 Å². The largest absolute Gasteiger partial charge is 0.457 e. The summed E-state index contributed by atoms with van der Waals surface area (Å²) in [4.78, 5) is 9.88. The molecule has 10 aromatic rings. The molecule has 0 bridgehead atoms. The predicted octanol–water partition coefficient (Wildman–Crippen LogP) is 17.9. The van der Waals surface area contributed by atoms with Gasteiger partial charge in [0.25, 0.3) is 0 Å². The second-order valence-corrected chi connectivity index (χ2v) is 23.5. The molecular formula is C64H64N4O2. The summed E-state index contributed by atoms with van der Waals surface area (Å²) < 4.78 is 15.7. The van der Waals surface area contributed by atoms with E-state index in [0.29, 0.717) is 12.4 Å². The second-order valence-electron chi connectivity index (χ2n) is 23.5. The lowest BCUT2D eigenvalue weighted by atomic mass is 9.77. The van der Waals surface area contributed by atoms with E-state index in [1.807, 2.05) is 24.4 Å². The van der Waals surface area contributed by atoms with E-state index >= 15 is 0 Å². The molecule has 1 aliphatic heterocycles. The Bertz CT molecular complexity index is 3570. The fraction of sp³-hybridized carbons (Fsp3) is 0.266. The number of hydrogen-bond acceptors (Lipinski definition) is 5. The number of benzene rings is 7. The summed E-state index contributed by atoms with van der Waals surface area (Å²) in [6.07, 6.45) is 1.92. The van der Waals surface area contributed by atoms with Crippen LogP contribution in [0.1, 0.15) is 105 Å². The molecule has 0 unspecified atom stereocenters. The summed E-state index contributed by atoms with van der Waals surface area (Å²) in [5.74, 6) is 2.30. The Morgan fingerprint density at radius 2 is 1.06 bits per heavy atom. The Kier molecular flexibility index (Phi) is 10.4. The quantitative estimate of drug-likeness (QED) is 0.159. The molecule has 0 saturated heterocycles. The van der Waals surface area contributed by atoms with Gasteiger partial charge in [-0.15, -0.1) is 0 Å². The van der Waals surface area contributed by atoms with Crippen LogP contribution in [0.15, 0.2) is 162 Å². The molecule has 0 N–H and O–H groups in total. The zero-order chi connectivity index (χ0) is 49.1. The molecule has 6 heteroatoms. The minimum absolute atomic E-state index is 0.0311. The number of pyridine rings is 1. The van der Waals surface area contributed by atoms with Gasteiger partial charge in [-0.1, -0.05) is 156 Å². The molecule has 1 aliphatic rings. The summed E-state index contributed by atoms with van der Waals surface area (Å²) in [6.45, 7) is 28.2. The highest BCUT2D eigenvalue weighted by atomic mass is 16.5. The average molecular weight is 921 g/mol. The fourth-order valence-electron chi connectivity index (χ4n) is 10.2. The van der Waals surface area contributed by atoms with Gasteiger partial charge in [0.2, 0.25) is 0 Å². The Balaban J connectivity index is 1.04. The molecular weight excluding hydrogens is 857 g/mol. The molecule has 11 rings (SSSR count). The SMILES string of the molecule is CC(C)(C)c1cc(-c2cc(C(C)(C)C)cc(-c3ccccc3)c2N2CN(c3cccc(Oc4cc5oc6cccc7c6c5c(c4)n7-c4cc(C(C)(C)C)ccn4)c3)c3ccccc32)cc(C(C)(C)C)c1. The lowest BCUT2D eigenvalue weighted by Crippen LogP contribution is -2.25. The van der Waals surface area contributed by atoms with Crippen molar-refractivity contribution in [3.63, 3.8) is 0 Å². The Labute approximate surface area is 413 Å². The molecule has 70 heavy (non-hydrogen) atoms. The van der Waals surface area contributed by atoms with E-state index < -0.39 is 0 Å². The van der Waals surface area contributed by atoms with Crippen molar-refractivity contribution >= 4 is 55.7 Å². The van der Waals surface area contributed by atoms with E-state index in [2.05, 4.69) is 231 Å². The highest BCUT2D eigenvalue weighted by Crippen LogP contribution is 2.53. The van der Waals surface area contributed by atoms with Crippen LogP contribution in [-0.4, -0.2) is 16.2 Å². The van der Waals surface area contributed by atoms with E-state index in [9.17, 15) is 0 Å². The molecule has 7 aromatic carbocycles. The summed E-state index contributed by atoms with van der Waals surface area (Å²) in [6, 6.07) is 55.2. The average Bonchev–Trinajstić information content (AvgIpc) is 4.01. The monoisotopic (exact) mass is 921 g/mol. The Morgan fingerprint density at radius 1 is 0.457 bits per heavy atom. The number of nitrogens with zero attached hydrogens (tertiary/aromatic N) is 4. The molecule has 0 atom stereocenters. The highest BCUT2D eigenvalue weighted by Gasteiger charge is 2.34. The van der Waals surface area contributed by atoms with Gasteiger partial charge >= 0.3 is 0 Å². The number of hydrogen-bond donors (Lipinski definition) is 0. The maximum absolute atomic E-state index is 6.90. The van der Waals surface area contributed by atoms with Gasteiger partial charge in [0.05, 0.1) is 38.9 Å². The fourth-order valence-corrected chi connectivity index (χ4v) is 10.2. The summed E-state index contributed by atoms with van der Waals surface area (Å²) in [5.41, 5.74) is 18.1. The van der Waals surface area contributed by atoms with Crippen LogP contribution in [0.5, 0.6) is 11.5 Å². The van der Waals surface area contributed by atoms with Crippen LogP contribution in [0.3, 0.4) is 0 Å². The zero-order valence-corrected chi connectivity index (χ0v) is 42.8. The van der Waals surface area contributed by atoms with Crippen molar-refractivity contribution in [3.05, 3.63) is 180 Å². The van der Waals surface area contributed by atoms with Gasteiger partial charge < -0.3 is 19.0 Å². The highest BCUT2D eigenvalue weighted by molar-refractivity contribution is 6.23. The van der Waals surface area contributed by atoms with E-state index in [1.54, 1.807) is 0 Å². The summed E-state index contributed by atoms with van der Waals surface area (Å²) in [5, 5.41) is 2.18. The van der Waals surface area contributed by atoms with E-state index in [4.69, 9.17) is 14.1 Å². The van der Waals surface area contributed by atoms with Gasteiger partial charge in [-0.3, -0.25) is 4.57 Å². The maximum Gasteiger partial charge on any atom is 0.141 e. The third-order valence-corrected chi connectivity index (χ3v) is 14.3. The van der Waals surface area contributed by atoms with Crippen molar-refractivity contribution in [2.24, 2.45) is 0 Å². The zero-order valence-electron chi connectivity index (χ0n) is 42.8.